The van der Waals surface area contributed by atoms with Crippen molar-refractivity contribution >= 4 is 35.8 Å². The molecule has 7 nitrogen and oxygen atoms in total. The van der Waals surface area contributed by atoms with Crippen LogP contribution in [0.1, 0.15) is 46.0 Å². The minimum atomic E-state index is 0. The lowest BCUT2D eigenvalue weighted by Crippen LogP contribution is -2.54. The van der Waals surface area contributed by atoms with Crippen LogP contribution in [0, 0.1) is 5.92 Å². The van der Waals surface area contributed by atoms with Crippen LogP contribution in [0.15, 0.2) is 4.99 Å². The normalized spacial score (nSPS) is 19.9. The molecule has 2 saturated heterocycles. The summed E-state index contributed by atoms with van der Waals surface area (Å²) in [4.78, 5) is 21.2. The number of aliphatic imine (C=N–C) groups is 1. The molecule has 2 heterocycles. The maximum Gasteiger partial charge on any atom is 0.241 e. The molecule has 0 spiro atoms. The molecule has 1 unspecified atom stereocenters. The lowest BCUT2D eigenvalue weighted by molar-refractivity contribution is -0.130. The number of amides is 1. The van der Waals surface area contributed by atoms with Crippen molar-refractivity contribution in [2.75, 3.05) is 59.5 Å². The highest BCUT2D eigenvalue weighted by Gasteiger charge is 2.27. The molecule has 1 atom stereocenters. The second-order valence-electron chi connectivity index (χ2n) is 7.54. The summed E-state index contributed by atoms with van der Waals surface area (Å²) in [7, 11) is 1.77. The molecule has 2 fully saturated rings. The lowest BCUT2D eigenvalue weighted by atomic mass is 9.92. The van der Waals surface area contributed by atoms with Crippen LogP contribution in [-0.4, -0.2) is 87.2 Å². The highest BCUT2D eigenvalue weighted by Crippen LogP contribution is 2.19. The standard InChI is InChI=1S/C20H39N5O2.HI/c1-4-17(5-2)18(24-11-13-27-14-12-24)15-22-20(21-3)23-16-19(26)25-9-7-6-8-10-25;/h17-18H,4-16H2,1-3H3,(H2,21,22,23);1H. The molecule has 0 aromatic heterocycles. The zero-order chi connectivity index (χ0) is 19.5. The molecule has 0 bridgehead atoms. The number of hydrogen-bond donors (Lipinski definition) is 2. The number of carbonyl (C=O) groups is 1. The van der Waals surface area contributed by atoms with Gasteiger partial charge in [0.25, 0.3) is 0 Å². The number of guanidine groups is 1. The second kappa shape index (κ2) is 14.4. The molecule has 2 N–H and O–H groups in total. The third-order valence-electron chi connectivity index (χ3n) is 5.93. The largest absolute Gasteiger partial charge is 0.379 e. The van der Waals surface area contributed by atoms with Crippen molar-refractivity contribution in [2.45, 2.75) is 52.0 Å². The summed E-state index contributed by atoms with van der Waals surface area (Å²) in [5.74, 6) is 1.52. The van der Waals surface area contributed by atoms with Gasteiger partial charge in [-0.15, -0.1) is 24.0 Å². The van der Waals surface area contributed by atoms with Crippen LogP contribution in [0.3, 0.4) is 0 Å². The van der Waals surface area contributed by atoms with Gasteiger partial charge >= 0.3 is 0 Å². The number of carbonyl (C=O) groups excluding carboxylic acids is 1. The van der Waals surface area contributed by atoms with Crippen LogP contribution < -0.4 is 10.6 Å². The average Bonchev–Trinajstić information content (AvgIpc) is 2.74. The monoisotopic (exact) mass is 509 g/mol. The zero-order valence-electron chi connectivity index (χ0n) is 17.9. The lowest BCUT2D eigenvalue weighted by Gasteiger charge is -2.39. The molecule has 0 aromatic carbocycles. The number of likely N-dealkylation sites (tertiary alicyclic amines) is 1. The van der Waals surface area contributed by atoms with Crippen LogP contribution in [-0.2, 0) is 9.53 Å². The van der Waals surface area contributed by atoms with E-state index in [1.54, 1.807) is 7.05 Å². The van der Waals surface area contributed by atoms with Crippen LogP contribution in [0.25, 0.3) is 0 Å². The van der Waals surface area contributed by atoms with Gasteiger partial charge in [0.05, 0.1) is 19.8 Å². The number of hydrogen-bond acceptors (Lipinski definition) is 4. The summed E-state index contributed by atoms with van der Waals surface area (Å²) in [6.07, 6.45) is 5.81. The first kappa shape index (κ1) is 25.4. The van der Waals surface area contributed by atoms with Crippen molar-refractivity contribution in [2.24, 2.45) is 10.9 Å². The Morgan fingerprint density at radius 2 is 1.68 bits per heavy atom. The van der Waals surface area contributed by atoms with Crippen molar-refractivity contribution in [3.8, 4) is 0 Å². The molecule has 2 aliphatic rings. The molecule has 0 aliphatic carbocycles. The molecule has 0 radical (unpaired) electrons. The Balaban J connectivity index is 0.00000392. The number of halogens is 1. The molecule has 0 saturated carbocycles. The predicted molar refractivity (Wildman–Crippen MR) is 125 cm³/mol. The molecule has 2 rings (SSSR count). The molecule has 0 aromatic rings. The van der Waals surface area contributed by atoms with E-state index in [1.165, 1.54) is 19.3 Å². The summed E-state index contributed by atoms with van der Waals surface area (Å²) >= 11 is 0. The third-order valence-corrected chi connectivity index (χ3v) is 5.93. The zero-order valence-corrected chi connectivity index (χ0v) is 20.2. The smallest absolute Gasteiger partial charge is 0.241 e. The van der Waals surface area contributed by atoms with Gasteiger partial charge in [-0.2, -0.15) is 0 Å². The maximum atomic E-state index is 12.4. The molecule has 2 aliphatic heterocycles. The topological polar surface area (TPSA) is 69.2 Å². The van der Waals surface area contributed by atoms with Gasteiger partial charge in [-0.3, -0.25) is 14.7 Å². The molecule has 28 heavy (non-hydrogen) atoms. The first-order valence-corrected chi connectivity index (χ1v) is 10.7. The summed E-state index contributed by atoms with van der Waals surface area (Å²) in [6.45, 7) is 11.1. The Morgan fingerprint density at radius 1 is 1.04 bits per heavy atom. The minimum absolute atomic E-state index is 0. The molecule has 164 valence electrons. The Labute approximate surface area is 188 Å². The van der Waals surface area contributed by atoms with Crippen LogP contribution in [0.2, 0.25) is 0 Å². The van der Waals surface area contributed by atoms with E-state index in [0.717, 1.165) is 58.8 Å². The Hall–Kier alpha value is -0.610. The van der Waals surface area contributed by atoms with Gasteiger partial charge in [-0.25, -0.2) is 0 Å². The highest BCUT2D eigenvalue weighted by molar-refractivity contribution is 14.0. The van der Waals surface area contributed by atoms with Crippen LogP contribution >= 0.6 is 24.0 Å². The van der Waals surface area contributed by atoms with E-state index in [0.29, 0.717) is 24.5 Å². The van der Waals surface area contributed by atoms with Crippen molar-refractivity contribution in [1.29, 1.82) is 0 Å². The van der Waals surface area contributed by atoms with Gasteiger partial charge in [0.2, 0.25) is 5.91 Å². The minimum Gasteiger partial charge on any atom is -0.379 e. The van der Waals surface area contributed by atoms with E-state index >= 15 is 0 Å². The van der Waals surface area contributed by atoms with Gasteiger partial charge in [-0.1, -0.05) is 26.7 Å². The van der Waals surface area contributed by atoms with Gasteiger partial charge in [0.15, 0.2) is 5.96 Å². The SMILES string of the molecule is CCC(CC)C(CNC(=NC)NCC(=O)N1CCCCC1)N1CCOCC1.I. The van der Waals surface area contributed by atoms with E-state index < -0.39 is 0 Å². The summed E-state index contributed by atoms with van der Waals surface area (Å²) in [5.41, 5.74) is 0. The third kappa shape index (κ3) is 8.02. The number of piperidine rings is 1. The average molecular weight is 509 g/mol. The highest BCUT2D eigenvalue weighted by atomic mass is 127. The van der Waals surface area contributed by atoms with E-state index in [4.69, 9.17) is 4.74 Å². The number of rotatable bonds is 8. The first-order valence-electron chi connectivity index (χ1n) is 10.7. The molecular weight excluding hydrogens is 469 g/mol. The van der Waals surface area contributed by atoms with E-state index in [-0.39, 0.29) is 29.9 Å². The van der Waals surface area contributed by atoms with Crippen molar-refractivity contribution in [3.63, 3.8) is 0 Å². The Kier molecular flexibility index (Phi) is 13.1. The molecular formula is C20H40IN5O2. The van der Waals surface area contributed by atoms with E-state index in [2.05, 4.69) is 34.4 Å². The number of morpholine rings is 1. The number of ether oxygens (including phenoxy) is 1. The molecule has 8 heteroatoms. The fourth-order valence-electron chi connectivity index (χ4n) is 4.17. The second-order valence-corrected chi connectivity index (χ2v) is 7.54. The summed E-state index contributed by atoms with van der Waals surface area (Å²) in [5, 5.41) is 6.66. The fourth-order valence-corrected chi connectivity index (χ4v) is 4.17. The summed E-state index contributed by atoms with van der Waals surface area (Å²) < 4.78 is 5.53. The van der Waals surface area contributed by atoms with Crippen LogP contribution in [0.4, 0.5) is 0 Å². The fraction of sp³-hybridized carbons (Fsp3) is 0.900. The number of nitrogens with zero attached hydrogens (tertiary/aromatic N) is 3. The maximum absolute atomic E-state index is 12.4. The van der Waals surface area contributed by atoms with Crippen molar-refractivity contribution in [3.05, 3.63) is 0 Å². The van der Waals surface area contributed by atoms with Gasteiger partial charge < -0.3 is 20.3 Å². The Morgan fingerprint density at radius 3 is 2.25 bits per heavy atom. The van der Waals surface area contributed by atoms with Gasteiger partial charge in [0, 0.05) is 45.8 Å². The van der Waals surface area contributed by atoms with Gasteiger partial charge in [0.1, 0.15) is 0 Å². The van der Waals surface area contributed by atoms with E-state index in [1.807, 2.05) is 4.90 Å². The molecule has 1 amide bonds. The Bertz CT molecular complexity index is 462. The summed E-state index contributed by atoms with van der Waals surface area (Å²) in [6, 6.07) is 0.459. The first-order chi connectivity index (χ1) is 13.2. The van der Waals surface area contributed by atoms with E-state index in [9.17, 15) is 4.79 Å². The van der Waals surface area contributed by atoms with Crippen molar-refractivity contribution < 1.29 is 9.53 Å². The van der Waals surface area contributed by atoms with Crippen molar-refractivity contribution in [1.82, 2.24) is 20.4 Å². The number of nitrogens with one attached hydrogen (secondary N) is 2. The predicted octanol–water partition coefficient (Wildman–Crippen LogP) is 1.92. The quantitative estimate of drug-likeness (QED) is 0.297. The van der Waals surface area contributed by atoms with Gasteiger partial charge in [-0.05, 0) is 25.2 Å². The van der Waals surface area contributed by atoms with Crippen LogP contribution in [0.5, 0.6) is 0 Å².